The van der Waals surface area contributed by atoms with Crippen LogP contribution in [-0.4, -0.2) is 50.9 Å². The number of aliphatic hydroxyl groups is 1. The van der Waals surface area contributed by atoms with E-state index in [9.17, 15) is 9.90 Å². The molecular formula is C25H29N3O3S. The molecule has 168 valence electrons. The SMILES string of the molecule is CN1[C@@H]2CC[C@H]1CC(Oc1ccc(-n3cnc4cc(CC(O)C5CC5)sc4c3=O)cc1)C2. The van der Waals surface area contributed by atoms with Crippen LogP contribution in [0.25, 0.3) is 15.9 Å². The molecule has 4 atom stereocenters. The summed E-state index contributed by atoms with van der Waals surface area (Å²) in [6, 6.07) is 11.0. The highest BCUT2D eigenvalue weighted by atomic mass is 32.1. The van der Waals surface area contributed by atoms with Crippen LogP contribution in [0.4, 0.5) is 0 Å². The molecule has 32 heavy (non-hydrogen) atoms. The van der Waals surface area contributed by atoms with Gasteiger partial charge < -0.3 is 14.7 Å². The van der Waals surface area contributed by atoms with Gasteiger partial charge in [-0.15, -0.1) is 11.3 Å². The van der Waals surface area contributed by atoms with Gasteiger partial charge in [-0.1, -0.05) is 0 Å². The van der Waals surface area contributed by atoms with Crippen LogP contribution in [0.1, 0.15) is 43.4 Å². The van der Waals surface area contributed by atoms with Crippen LogP contribution in [0.5, 0.6) is 5.75 Å². The van der Waals surface area contributed by atoms with Gasteiger partial charge in [0.2, 0.25) is 0 Å². The second-order valence-corrected chi connectivity index (χ2v) is 10.8. The van der Waals surface area contributed by atoms with Gasteiger partial charge in [0.25, 0.3) is 5.56 Å². The van der Waals surface area contributed by atoms with Gasteiger partial charge in [0.1, 0.15) is 22.9 Å². The van der Waals surface area contributed by atoms with E-state index in [1.165, 1.54) is 24.2 Å². The molecule has 1 saturated carbocycles. The van der Waals surface area contributed by atoms with Crippen molar-refractivity contribution in [2.45, 2.75) is 69.2 Å². The van der Waals surface area contributed by atoms with Gasteiger partial charge in [-0.3, -0.25) is 9.36 Å². The summed E-state index contributed by atoms with van der Waals surface area (Å²) in [5, 5.41) is 10.2. The largest absolute Gasteiger partial charge is 0.490 e. The predicted octanol–water partition coefficient (Wildman–Crippen LogP) is 3.76. The lowest BCUT2D eigenvalue weighted by atomic mass is 10.0. The van der Waals surface area contributed by atoms with Crippen LogP contribution in [0, 0.1) is 5.92 Å². The number of hydrogen-bond donors (Lipinski definition) is 1. The molecule has 0 amide bonds. The molecule has 6 nitrogen and oxygen atoms in total. The minimum absolute atomic E-state index is 0.0623. The molecule has 2 aliphatic heterocycles. The van der Waals surface area contributed by atoms with E-state index in [2.05, 4.69) is 16.9 Å². The Morgan fingerprint density at radius 1 is 1.16 bits per heavy atom. The van der Waals surface area contributed by atoms with Crippen molar-refractivity contribution in [1.29, 1.82) is 0 Å². The Morgan fingerprint density at radius 3 is 2.56 bits per heavy atom. The van der Waals surface area contributed by atoms with Crippen molar-refractivity contribution < 1.29 is 9.84 Å². The average Bonchev–Trinajstić information content (AvgIpc) is 3.52. The molecule has 1 N–H and O–H groups in total. The Bertz CT molecular complexity index is 1170. The van der Waals surface area contributed by atoms with Crippen molar-refractivity contribution >= 4 is 21.6 Å². The summed E-state index contributed by atoms with van der Waals surface area (Å²) in [6.07, 6.45) is 9.12. The summed E-state index contributed by atoms with van der Waals surface area (Å²) in [6.45, 7) is 0. The molecule has 3 fully saturated rings. The lowest BCUT2D eigenvalue weighted by Gasteiger charge is -2.36. The first-order chi connectivity index (χ1) is 15.5. The number of aromatic nitrogens is 2. The molecule has 0 radical (unpaired) electrons. The minimum Gasteiger partial charge on any atom is -0.490 e. The maximum atomic E-state index is 13.1. The molecular weight excluding hydrogens is 422 g/mol. The fourth-order valence-corrected chi connectivity index (χ4v) is 6.52. The number of fused-ring (bicyclic) bond motifs is 3. The topological polar surface area (TPSA) is 67.6 Å². The molecule has 1 aliphatic carbocycles. The van der Waals surface area contributed by atoms with Gasteiger partial charge in [0, 0.05) is 23.4 Å². The second kappa shape index (κ2) is 7.97. The molecule has 4 heterocycles. The Labute approximate surface area is 191 Å². The molecule has 2 unspecified atom stereocenters. The van der Waals surface area contributed by atoms with Gasteiger partial charge in [0.15, 0.2) is 0 Å². The Morgan fingerprint density at radius 2 is 1.88 bits per heavy atom. The van der Waals surface area contributed by atoms with Gasteiger partial charge in [-0.05, 0) is 81.8 Å². The molecule has 2 bridgehead atoms. The second-order valence-electron chi connectivity index (χ2n) is 9.71. The molecule has 3 aliphatic rings. The van der Waals surface area contributed by atoms with Gasteiger partial charge in [0.05, 0.1) is 17.3 Å². The molecule has 7 heteroatoms. The first-order valence-electron chi connectivity index (χ1n) is 11.7. The number of aliphatic hydroxyl groups excluding tert-OH is 1. The van der Waals surface area contributed by atoms with E-state index >= 15 is 0 Å². The lowest BCUT2D eigenvalue weighted by molar-refractivity contribution is 0.0662. The van der Waals surface area contributed by atoms with E-state index in [-0.39, 0.29) is 17.8 Å². The molecule has 6 rings (SSSR count). The summed E-state index contributed by atoms with van der Waals surface area (Å²) < 4.78 is 8.53. The third kappa shape index (κ3) is 3.76. The maximum absolute atomic E-state index is 13.1. The van der Waals surface area contributed by atoms with Gasteiger partial charge in [-0.25, -0.2) is 4.98 Å². The number of nitrogens with zero attached hydrogens (tertiary/aromatic N) is 3. The Hall–Kier alpha value is -2.22. The summed E-state index contributed by atoms with van der Waals surface area (Å²) >= 11 is 1.45. The third-order valence-electron chi connectivity index (χ3n) is 7.54. The third-order valence-corrected chi connectivity index (χ3v) is 8.67. The first kappa shape index (κ1) is 20.4. The van der Waals surface area contributed by atoms with E-state index in [1.54, 1.807) is 10.9 Å². The maximum Gasteiger partial charge on any atom is 0.275 e. The van der Waals surface area contributed by atoms with Crippen molar-refractivity contribution in [3.8, 4) is 11.4 Å². The highest BCUT2D eigenvalue weighted by Gasteiger charge is 2.39. The van der Waals surface area contributed by atoms with Crippen LogP contribution >= 0.6 is 11.3 Å². The van der Waals surface area contributed by atoms with Crippen molar-refractivity contribution in [1.82, 2.24) is 14.5 Å². The minimum atomic E-state index is -0.308. The Balaban J connectivity index is 1.19. The lowest BCUT2D eigenvalue weighted by Crippen LogP contribution is -2.43. The quantitative estimate of drug-likeness (QED) is 0.618. The van der Waals surface area contributed by atoms with Gasteiger partial charge >= 0.3 is 0 Å². The van der Waals surface area contributed by atoms with E-state index in [0.29, 0.717) is 34.6 Å². The van der Waals surface area contributed by atoms with Crippen molar-refractivity contribution in [3.05, 3.63) is 51.9 Å². The predicted molar refractivity (Wildman–Crippen MR) is 126 cm³/mol. The zero-order chi connectivity index (χ0) is 21.8. The average molecular weight is 452 g/mol. The number of piperidine rings is 1. The van der Waals surface area contributed by atoms with Gasteiger partial charge in [-0.2, -0.15) is 0 Å². The van der Waals surface area contributed by atoms with E-state index in [0.717, 1.165) is 42.0 Å². The summed E-state index contributed by atoms with van der Waals surface area (Å²) in [7, 11) is 2.24. The molecule has 2 aromatic heterocycles. The van der Waals surface area contributed by atoms with Crippen LogP contribution in [-0.2, 0) is 6.42 Å². The summed E-state index contributed by atoms with van der Waals surface area (Å²) in [5.41, 5.74) is 1.44. The monoisotopic (exact) mass is 451 g/mol. The normalized spacial score (nSPS) is 26.5. The van der Waals surface area contributed by atoms with Crippen LogP contribution in [0.3, 0.4) is 0 Å². The number of benzene rings is 1. The number of ether oxygens (including phenoxy) is 1. The smallest absolute Gasteiger partial charge is 0.275 e. The fourth-order valence-electron chi connectivity index (χ4n) is 5.44. The highest BCUT2D eigenvalue weighted by Crippen LogP contribution is 2.36. The van der Waals surface area contributed by atoms with Crippen LogP contribution < -0.4 is 10.3 Å². The Kier molecular flexibility index (Phi) is 5.08. The number of thiophene rings is 1. The van der Waals surface area contributed by atoms with E-state index in [4.69, 9.17) is 4.74 Å². The van der Waals surface area contributed by atoms with E-state index < -0.39 is 0 Å². The highest BCUT2D eigenvalue weighted by molar-refractivity contribution is 7.18. The number of rotatable bonds is 6. The first-order valence-corrected chi connectivity index (χ1v) is 12.5. The van der Waals surface area contributed by atoms with Crippen LogP contribution in [0.15, 0.2) is 41.5 Å². The summed E-state index contributed by atoms with van der Waals surface area (Å²) in [4.78, 5) is 21.2. The standard InChI is InChI=1S/C25H29N3O3S/c1-27-17-4-5-18(27)11-20(10-17)31-19-8-6-16(7-9-19)28-14-26-22-12-21(32-24(22)25(28)30)13-23(29)15-2-3-15/h6-9,12,14-15,17-18,20,23,29H,2-5,10-11,13H2,1H3/t17-,18+,20?,23?. The molecule has 0 spiro atoms. The van der Waals surface area contributed by atoms with Crippen molar-refractivity contribution in [2.75, 3.05) is 7.05 Å². The fraction of sp³-hybridized carbons (Fsp3) is 0.520. The van der Waals surface area contributed by atoms with Crippen molar-refractivity contribution in [3.63, 3.8) is 0 Å². The molecule has 2 saturated heterocycles. The molecule has 3 aromatic rings. The number of hydrogen-bond acceptors (Lipinski definition) is 6. The zero-order valence-electron chi connectivity index (χ0n) is 18.3. The summed E-state index contributed by atoms with van der Waals surface area (Å²) in [5.74, 6) is 1.28. The van der Waals surface area contributed by atoms with E-state index in [1.807, 2.05) is 30.3 Å². The van der Waals surface area contributed by atoms with Crippen LogP contribution in [0.2, 0.25) is 0 Å². The van der Waals surface area contributed by atoms with Crippen molar-refractivity contribution in [2.24, 2.45) is 5.92 Å². The molecule has 1 aromatic carbocycles. The zero-order valence-corrected chi connectivity index (χ0v) is 19.1.